The normalized spacial score (nSPS) is 19.0. The maximum Gasteiger partial charge on any atom is 0.416 e. The minimum Gasteiger partial charge on any atom is -0.497 e. The number of hydrogen-bond acceptors (Lipinski definition) is 9. The standard InChI is InChI=1S/C31H24F3N3O7S2/c1-42-19-9-7-17(8-10-19)35-22(38)14-44-20-11-6-15(12-21(20)43-2)23-24-26(45-27-25(23)46-30(41)36-27)29(40)37(28(24)39)18-5-3-4-16(13-18)31(32,33)34/h3-13,23-24,26H,14H2,1-2H3,(H,35,38)(H,36,41)/t23-,24?,26?/m1/s1. The summed E-state index contributed by atoms with van der Waals surface area (Å²) in [7, 11) is 2.92. The van der Waals surface area contributed by atoms with Crippen molar-refractivity contribution in [1.29, 1.82) is 0 Å². The van der Waals surface area contributed by atoms with Gasteiger partial charge in [0.25, 0.3) is 5.91 Å². The minimum atomic E-state index is -4.67. The summed E-state index contributed by atoms with van der Waals surface area (Å²) in [6.45, 7) is -0.352. The van der Waals surface area contributed by atoms with Crippen molar-refractivity contribution < 1.29 is 41.8 Å². The number of benzene rings is 3. The van der Waals surface area contributed by atoms with Crippen LogP contribution >= 0.6 is 23.1 Å². The Morgan fingerprint density at radius 3 is 2.41 bits per heavy atom. The molecule has 4 aromatic rings. The highest BCUT2D eigenvalue weighted by molar-refractivity contribution is 8.00. The highest BCUT2D eigenvalue weighted by Gasteiger charge is 2.56. The summed E-state index contributed by atoms with van der Waals surface area (Å²) in [4.78, 5) is 56.1. The van der Waals surface area contributed by atoms with Crippen LogP contribution in [0.2, 0.25) is 0 Å². The highest BCUT2D eigenvalue weighted by Crippen LogP contribution is 2.54. The zero-order valence-corrected chi connectivity index (χ0v) is 25.7. The molecule has 0 spiro atoms. The van der Waals surface area contributed by atoms with Crippen LogP contribution in [0.1, 0.15) is 21.9 Å². The van der Waals surface area contributed by atoms with Crippen molar-refractivity contribution in [3.05, 3.63) is 92.4 Å². The summed E-state index contributed by atoms with van der Waals surface area (Å²) in [5, 5.41) is 2.11. The molecule has 3 atom stereocenters. The van der Waals surface area contributed by atoms with Crippen molar-refractivity contribution in [3.63, 3.8) is 0 Å². The number of methoxy groups -OCH3 is 2. The number of alkyl halides is 3. The number of imide groups is 1. The molecule has 15 heteroatoms. The SMILES string of the molecule is COc1ccc(NC(=O)COc2ccc([C@H]3c4sc(=O)[nH]c4SC4C(=O)N(c5cccc(C(F)(F)F)c5)C(=O)C43)cc2OC)cc1. The third-order valence-corrected chi connectivity index (χ3v) is 9.94. The Bertz CT molecular complexity index is 1890. The Kier molecular flexibility index (Phi) is 8.29. The number of nitrogens with zero attached hydrogens (tertiary/aromatic N) is 1. The lowest BCUT2D eigenvalue weighted by atomic mass is 9.83. The van der Waals surface area contributed by atoms with Gasteiger partial charge >= 0.3 is 11.0 Å². The molecule has 10 nitrogen and oxygen atoms in total. The first kappa shape index (κ1) is 31.2. The molecule has 3 heterocycles. The van der Waals surface area contributed by atoms with Gasteiger partial charge in [0.2, 0.25) is 11.8 Å². The van der Waals surface area contributed by atoms with Crippen LogP contribution in [0, 0.1) is 5.92 Å². The van der Waals surface area contributed by atoms with E-state index in [4.69, 9.17) is 14.2 Å². The highest BCUT2D eigenvalue weighted by atomic mass is 32.2. The van der Waals surface area contributed by atoms with Crippen LogP contribution in [0.25, 0.3) is 0 Å². The number of carbonyl (C=O) groups is 3. The van der Waals surface area contributed by atoms with Crippen LogP contribution in [0.15, 0.2) is 76.6 Å². The van der Waals surface area contributed by atoms with Gasteiger partial charge in [-0.25, -0.2) is 4.90 Å². The van der Waals surface area contributed by atoms with Crippen molar-refractivity contribution in [2.75, 3.05) is 31.0 Å². The van der Waals surface area contributed by atoms with Crippen molar-refractivity contribution in [2.24, 2.45) is 5.92 Å². The molecule has 3 aromatic carbocycles. The number of nitrogens with one attached hydrogen (secondary N) is 2. The van der Waals surface area contributed by atoms with Gasteiger partial charge in [-0.3, -0.25) is 19.2 Å². The number of halogens is 3. The molecule has 238 valence electrons. The van der Waals surface area contributed by atoms with Crippen molar-refractivity contribution in [1.82, 2.24) is 4.98 Å². The Morgan fingerprint density at radius 1 is 0.957 bits per heavy atom. The van der Waals surface area contributed by atoms with Crippen molar-refractivity contribution in [2.45, 2.75) is 22.4 Å². The van der Waals surface area contributed by atoms with E-state index in [1.54, 1.807) is 42.5 Å². The molecule has 6 rings (SSSR count). The van der Waals surface area contributed by atoms with E-state index in [2.05, 4.69) is 10.3 Å². The fourth-order valence-corrected chi connectivity index (χ4v) is 7.98. The molecule has 0 bridgehead atoms. The maximum atomic E-state index is 13.9. The Morgan fingerprint density at radius 2 is 1.72 bits per heavy atom. The second kappa shape index (κ2) is 12.2. The smallest absolute Gasteiger partial charge is 0.416 e. The van der Waals surface area contributed by atoms with E-state index >= 15 is 0 Å². The van der Waals surface area contributed by atoms with Gasteiger partial charge in [-0.2, -0.15) is 13.2 Å². The molecule has 46 heavy (non-hydrogen) atoms. The number of anilines is 2. The van der Waals surface area contributed by atoms with E-state index in [1.165, 1.54) is 20.3 Å². The van der Waals surface area contributed by atoms with Gasteiger partial charge in [-0.15, -0.1) is 0 Å². The number of aromatic nitrogens is 1. The number of aromatic amines is 1. The van der Waals surface area contributed by atoms with E-state index in [1.807, 2.05) is 0 Å². The lowest BCUT2D eigenvalue weighted by molar-refractivity contribution is -0.137. The zero-order valence-electron chi connectivity index (χ0n) is 24.0. The van der Waals surface area contributed by atoms with Crippen LogP contribution in [-0.4, -0.2) is 48.8 Å². The number of rotatable bonds is 8. The van der Waals surface area contributed by atoms with E-state index in [9.17, 15) is 32.3 Å². The number of hydrogen-bond donors (Lipinski definition) is 2. The summed E-state index contributed by atoms with van der Waals surface area (Å²) in [6, 6.07) is 15.6. The number of thioether (sulfide) groups is 1. The van der Waals surface area contributed by atoms with Gasteiger partial charge in [0.1, 0.15) is 11.0 Å². The minimum absolute atomic E-state index is 0.190. The van der Waals surface area contributed by atoms with Crippen LogP contribution in [0.4, 0.5) is 24.5 Å². The number of fused-ring (bicyclic) bond motifs is 2. The average Bonchev–Trinajstić information content (AvgIpc) is 3.53. The van der Waals surface area contributed by atoms with Crippen LogP contribution in [0.5, 0.6) is 17.2 Å². The molecular weight excluding hydrogens is 647 g/mol. The van der Waals surface area contributed by atoms with Gasteiger partial charge < -0.3 is 24.5 Å². The summed E-state index contributed by atoms with van der Waals surface area (Å²) in [5.74, 6) is -2.57. The molecule has 2 aliphatic rings. The quantitative estimate of drug-likeness (QED) is 0.242. The van der Waals surface area contributed by atoms with Gasteiger partial charge in [-0.1, -0.05) is 35.2 Å². The van der Waals surface area contributed by atoms with Gasteiger partial charge in [0.15, 0.2) is 18.1 Å². The molecular formula is C31H24F3N3O7S2. The molecule has 1 saturated heterocycles. The Hall–Kier alpha value is -4.76. The average molecular weight is 672 g/mol. The molecule has 0 aliphatic carbocycles. The molecule has 1 aromatic heterocycles. The Balaban J connectivity index is 1.29. The summed E-state index contributed by atoms with van der Waals surface area (Å²) in [5.41, 5.74) is -0.140. The summed E-state index contributed by atoms with van der Waals surface area (Å²) >= 11 is 1.89. The number of carbonyl (C=O) groups excluding carboxylic acids is 3. The molecule has 0 radical (unpaired) electrons. The van der Waals surface area contributed by atoms with E-state index in [0.29, 0.717) is 26.9 Å². The topological polar surface area (TPSA) is 127 Å². The fraction of sp³-hybridized carbons (Fsp3) is 0.226. The predicted molar refractivity (Wildman–Crippen MR) is 164 cm³/mol. The summed E-state index contributed by atoms with van der Waals surface area (Å²) < 4.78 is 56.7. The van der Waals surface area contributed by atoms with Crippen molar-refractivity contribution in [3.8, 4) is 17.2 Å². The Labute approximate surface area is 267 Å². The first-order valence-electron chi connectivity index (χ1n) is 13.7. The molecule has 2 aliphatic heterocycles. The second-order valence-corrected chi connectivity index (χ2v) is 12.5. The molecule has 0 saturated carbocycles. The maximum absolute atomic E-state index is 13.9. The molecule has 1 fully saturated rings. The predicted octanol–water partition coefficient (Wildman–Crippen LogP) is 5.29. The first-order chi connectivity index (χ1) is 22.0. The monoisotopic (exact) mass is 671 g/mol. The van der Waals surface area contributed by atoms with Crippen LogP contribution in [-0.2, 0) is 20.6 Å². The largest absolute Gasteiger partial charge is 0.497 e. The number of thiazole rings is 1. The van der Waals surface area contributed by atoms with E-state index in [0.717, 1.165) is 46.2 Å². The van der Waals surface area contributed by atoms with Crippen molar-refractivity contribution >= 4 is 52.2 Å². The van der Waals surface area contributed by atoms with Gasteiger partial charge in [0, 0.05) is 16.5 Å². The van der Waals surface area contributed by atoms with Crippen LogP contribution in [0.3, 0.4) is 0 Å². The second-order valence-electron chi connectivity index (χ2n) is 10.3. The number of amides is 3. The van der Waals surface area contributed by atoms with Gasteiger partial charge in [0.05, 0.1) is 36.4 Å². The lowest BCUT2D eigenvalue weighted by Gasteiger charge is -2.30. The van der Waals surface area contributed by atoms with E-state index in [-0.39, 0.29) is 28.7 Å². The lowest BCUT2D eigenvalue weighted by Crippen LogP contribution is -2.32. The molecule has 3 amide bonds. The van der Waals surface area contributed by atoms with Gasteiger partial charge in [-0.05, 0) is 60.2 Å². The number of ether oxygens (including phenoxy) is 3. The zero-order chi connectivity index (χ0) is 32.7. The fourth-order valence-electron chi connectivity index (χ4n) is 5.46. The number of H-pyrrole nitrogens is 1. The first-order valence-corrected chi connectivity index (χ1v) is 15.4. The van der Waals surface area contributed by atoms with Crippen LogP contribution < -0.4 is 29.3 Å². The molecule has 2 unspecified atom stereocenters. The van der Waals surface area contributed by atoms with E-state index < -0.39 is 46.5 Å². The third kappa shape index (κ3) is 5.83. The third-order valence-electron chi connectivity index (χ3n) is 7.53. The summed E-state index contributed by atoms with van der Waals surface area (Å²) in [6.07, 6.45) is -4.67. The molecule has 2 N–H and O–H groups in total.